The first-order chi connectivity index (χ1) is 19.8. The highest BCUT2D eigenvalue weighted by molar-refractivity contribution is 7.93. The van der Waals surface area contributed by atoms with Crippen LogP contribution in [0.3, 0.4) is 0 Å². The number of carboxylic acid groups (broad SMARTS) is 2. The lowest BCUT2D eigenvalue weighted by atomic mass is 10.0. The van der Waals surface area contributed by atoms with E-state index in [4.69, 9.17) is 10.8 Å². The minimum Gasteiger partial charge on any atom is -0.479 e. The van der Waals surface area contributed by atoms with Crippen molar-refractivity contribution >= 4 is 39.3 Å². The molecule has 0 unspecified atom stereocenters. The normalized spacial score (nSPS) is 15.5. The SMILES string of the molecule is N[C@](CNC(=O)c1ccc(N2CCC(Nc3ncccn3)CC2)c(F)c1F)(C(=O)O)S(=O)(=O)c1ccc(C(=O)O)cc1. The molecule has 42 heavy (non-hydrogen) atoms. The lowest BCUT2D eigenvalue weighted by Gasteiger charge is -2.34. The van der Waals surface area contributed by atoms with Gasteiger partial charge in [-0.25, -0.2) is 36.8 Å². The van der Waals surface area contributed by atoms with Crippen LogP contribution in [0.2, 0.25) is 0 Å². The summed E-state index contributed by atoms with van der Waals surface area (Å²) in [5.74, 6) is -7.03. The van der Waals surface area contributed by atoms with E-state index in [2.05, 4.69) is 15.3 Å². The number of hydrogen-bond acceptors (Lipinski definition) is 10. The number of carbonyl (C=O) groups excluding carboxylic acids is 1. The Kier molecular flexibility index (Phi) is 8.67. The second kappa shape index (κ2) is 12.0. The van der Waals surface area contributed by atoms with Gasteiger partial charge in [-0.1, -0.05) is 0 Å². The zero-order chi connectivity index (χ0) is 30.7. The maximum Gasteiger partial charge on any atom is 0.341 e. The smallest absolute Gasteiger partial charge is 0.341 e. The van der Waals surface area contributed by atoms with Crippen molar-refractivity contribution in [3.8, 4) is 0 Å². The Morgan fingerprint density at radius 2 is 1.62 bits per heavy atom. The Balaban J connectivity index is 1.45. The maximum atomic E-state index is 15.1. The number of aliphatic carboxylic acids is 1. The molecular formula is C26H26F2N6O7S. The van der Waals surface area contributed by atoms with Gasteiger partial charge in [0, 0.05) is 31.5 Å². The first kappa shape index (κ1) is 30.3. The lowest BCUT2D eigenvalue weighted by Crippen LogP contribution is -2.61. The van der Waals surface area contributed by atoms with Crippen LogP contribution in [0.15, 0.2) is 59.8 Å². The molecule has 2 aromatic carbocycles. The zero-order valence-electron chi connectivity index (χ0n) is 21.8. The number of aromatic nitrogens is 2. The summed E-state index contributed by atoms with van der Waals surface area (Å²) in [5.41, 5.74) is 4.59. The van der Waals surface area contributed by atoms with E-state index < -0.39 is 61.2 Å². The van der Waals surface area contributed by atoms with Gasteiger partial charge in [0.05, 0.1) is 28.3 Å². The van der Waals surface area contributed by atoms with Crippen molar-refractivity contribution in [2.24, 2.45) is 5.73 Å². The van der Waals surface area contributed by atoms with Gasteiger partial charge in [0.15, 0.2) is 11.6 Å². The summed E-state index contributed by atoms with van der Waals surface area (Å²) in [6, 6.07) is 7.48. The topological polar surface area (TPSA) is 205 Å². The average molecular weight is 605 g/mol. The van der Waals surface area contributed by atoms with Crippen LogP contribution >= 0.6 is 0 Å². The summed E-state index contributed by atoms with van der Waals surface area (Å²) in [6.45, 7) is -0.476. The van der Waals surface area contributed by atoms with Crippen molar-refractivity contribution in [2.75, 3.05) is 29.9 Å². The predicted molar refractivity (Wildman–Crippen MR) is 145 cm³/mol. The third kappa shape index (κ3) is 5.99. The lowest BCUT2D eigenvalue weighted by molar-refractivity contribution is -0.139. The van der Waals surface area contributed by atoms with Gasteiger partial charge in [-0.2, -0.15) is 0 Å². The van der Waals surface area contributed by atoms with Crippen molar-refractivity contribution in [3.63, 3.8) is 0 Å². The van der Waals surface area contributed by atoms with E-state index in [0.717, 1.165) is 30.3 Å². The number of nitrogens with zero attached hydrogens (tertiary/aromatic N) is 3. The van der Waals surface area contributed by atoms with Crippen LogP contribution in [0, 0.1) is 11.6 Å². The summed E-state index contributed by atoms with van der Waals surface area (Å²) < 4.78 is 56.1. The number of carbonyl (C=O) groups is 3. The fourth-order valence-electron chi connectivity index (χ4n) is 4.36. The number of nitrogens with two attached hydrogens (primary N) is 1. The molecule has 3 aromatic rings. The van der Waals surface area contributed by atoms with E-state index in [1.807, 2.05) is 5.32 Å². The molecule has 1 aromatic heterocycles. The molecule has 1 fully saturated rings. The van der Waals surface area contributed by atoms with Crippen LogP contribution < -0.4 is 21.3 Å². The zero-order valence-corrected chi connectivity index (χ0v) is 22.6. The minimum atomic E-state index is -4.90. The van der Waals surface area contributed by atoms with Crippen LogP contribution in [-0.2, 0) is 14.6 Å². The first-order valence-corrected chi connectivity index (χ1v) is 14.0. The summed E-state index contributed by atoms with van der Waals surface area (Å²) in [5, 5.41) is 23.8. The van der Waals surface area contributed by atoms with Gasteiger partial charge in [0.25, 0.3) is 5.91 Å². The van der Waals surface area contributed by atoms with Gasteiger partial charge in [-0.3, -0.25) is 4.79 Å². The van der Waals surface area contributed by atoms with E-state index >= 15 is 8.78 Å². The highest BCUT2D eigenvalue weighted by atomic mass is 32.2. The monoisotopic (exact) mass is 604 g/mol. The number of halogens is 2. The Hall–Kier alpha value is -4.70. The van der Waals surface area contributed by atoms with Gasteiger partial charge in [0.1, 0.15) is 0 Å². The molecule has 0 bridgehead atoms. The molecule has 0 aliphatic carbocycles. The molecule has 1 atom stereocenters. The van der Waals surface area contributed by atoms with Crippen LogP contribution in [0.4, 0.5) is 20.4 Å². The quantitative estimate of drug-likeness (QED) is 0.223. The Morgan fingerprint density at radius 1 is 1.00 bits per heavy atom. The van der Waals surface area contributed by atoms with Crippen molar-refractivity contribution < 1.29 is 41.8 Å². The molecule has 13 nitrogen and oxygen atoms in total. The number of rotatable bonds is 10. The molecule has 0 saturated carbocycles. The van der Waals surface area contributed by atoms with E-state index in [1.165, 1.54) is 6.07 Å². The van der Waals surface area contributed by atoms with Crippen molar-refractivity contribution in [2.45, 2.75) is 28.6 Å². The van der Waals surface area contributed by atoms with Gasteiger partial charge in [0.2, 0.25) is 20.7 Å². The number of benzene rings is 2. The van der Waals surface area contributed by atoms with Crippen molar-refractivity contribution in [3.05, 3.63) is 77.6 Å². The van der Waals surface area contributed by atoms with E-state index in [9.17, 15) is 27.9 Å². The molecule has 222 valence electrons. The fraction of sp³-hybridized carbons (Fsp3) is 0.269. The molecule has 1 amide bonds. The third-order valence-electron chi connectivity index (χ3n) is 6.81. The summed E-state index contributed by atoms with van der Waals surface area (Å²) in [6.07, 6.45) is 4.33. The third-order valence-corrected chi connectivity index (χ3v) is 8.98. The van der Waals surface area contributed by atoms with Gasteiger partial charge in [-0.05, 0) is 55.3 Å². The number of carboxylic acids is 2. The molecule has 16 heteroatoms. The molecule has 1 aliphatic rings. The van der Waals surface area contributed by atoms with Crippen LogP contribution in [0.1, 0.15) is 33.6 Å². The first-order valence-electron chi connectivity index (χ1n) is 12.5. The van der Waals surface area contributed by atoms with E-state index in [1.54, 1.807) is 23.4 Å². The second-order valence-corrected chi connectivity index (χ2v) is 11.7. The second-order valence-electron chi connectivity index (χ2n) is 9.45. The molecule has 4 rings (SSSR count). The average Bonchev–Trinajstić information content (AvgIpc) is 2.98. The summed E-state index contributed by atoms with van der Waals surface area (Å²) in [4.78, 5) is 41.8. The number of anilines is 2. The van der Waals surface area contributed by atoms with Crippen LogP contribution in [0.25, 0.3) is 0 Å². The molecule has 1 aliphatic heterocycles. The van der Waals surface area contributed by atoms with Gasteiger partial charge >= 0.3 is 11.9 Å². The number of amides is 1. The van der Waals surface area contributed by atoms with Crippen molar-refractivity contribution in [1.29, 1.82) is 0 Å². The minimum absolute atomic E-state index is 0.0127. The largest absolute Gasteiger partial charge is 0.479 e. The number of hydrogen-bond donors (Lipinski definition) is 5. The summed E-state index contributed by atoms with van der Waals surface area (Å²) >= 11 is 0. The standard InChI is InChI=1S/C26H26F2N6O7S/c27-20-18(6-7-19(21(20)28)34-12-8-16(9-13-34)33-25-30-10-1-11-31-25)22(35)32-14-26(29,24(38)39)42(40,41)17-4-2-15(3-5-17)23(36)37/h1-7,10-11,16H,8-9,12-14,29H2,(H,32,35)(H,36,37)(H,38,39)(H,30,31,33)/t26-/m0/s1. The van der Waals surface area contributed by atoms with Crippen molar-refractivity contribution in [1.82, 2.24) is 15.3 Å². The number of piperidine rings is 1. The van der Waals surface area contributed by atoms with Gasteiger partial charge < -0.3 is 31.5 Å². The highest BCUT2D eigenvalue weighted by Crippen LogP contribution is 2.28. The van der Waals surface area contributed by atoms with Gasteiger partial charge in [-0.15, -0.1) is 0 Å². The number of nitrogens with one attached hydrogen (secondary N) is 2. The van der Waals surface area contributed by atoms with E-state index in [0.29, 0.717) is 31.9 Å². The van der Waals surface area contributed by atoms with Crippen LogP contribution in [-0.4, -0.2) is 77.0 Å². The molecular weight excluding hydrogens is 578 g/mol. The molecule has 0 spiro atoms. The molecule has 1 saturated heterocycles. The fourth-order valence-corrected chi connectivity index (χ4v) is 5.77. The number of aromatic carboxylic acids is 1. The Bertz CT molecular complexity index is 1600. The van der Waals surface area contributed by atoms with Crippen LogP contribution in [0.5, 0.6) is 0 Å². The molecule has 2 heterocycles. The Labute approximate surface area is 238 Å². The Morgan fingerprint density at radius 3 is 2.19 bits per heavy atom. The molecule has 0 radical (unpaired) electrons. The number of sulfone groups is 1. The molecule has 6 N–H and O–H groups in total. The highest BCUT2D eigenvalue weighted by Gasteiger charge is 2.49. The summed E-state index contributed by atoms with van der Waals surface area (Å²) in [7, 11) is -4.90. The maximum absolute atomic E-state index is 15.1. The van der Waals surface area contributed by atoms with E-state index in [-0.39, 0.29) is 17.3 Å². The predicted octanol–water partition coefficient (Wildman–Crippen LogP) is 1.48.